The van der Waals surface area contributed by atoms with E-state index in [1.165, 1.54) is 21.7 Å². The van der Waals surface area contributed by atoms with E-state index in [0.717, 1.165) is 12.1 Å². The fourth-order valence-corrected chi connectivity index (χ4v) is 4.00. The van der Waals surface area contributed by atoms with Crippen molar-refractivity contribution in [1.29, 1.82) is 0 Å². The number of aromatic nitrogens is 2. The maximum atomic E-state index is 13.6. The maximum Gasteiger partial charge on any atom is 0.419 e. The Balaban J connectivity index is 1.61. The predicted octanol–water partition coefficient (Wildman–Crippen LogP) is 4.18. The van der Waals surface area contributed by atoms with Crippen LogP contribution in [0.3, 0.4) is 0 Å². The molecule has 2 heterocycles. The average Bonchev–Trinajstić information content (AvgIpc) is 3.15. The molecule has 2 amide bonds. The van der Waals surface area contributed by atoms with Crippen molar-refractivity contribution in [3.63, 3.8) is 0 Å². The van der Waals surface area contributed by atoms with Crippen molar-refractivity contribution in [1.82, 2.24) is 14.7 Å². The molecule has 1 aromatic heterocycles. The number of alkyl halides is 3. The molecule has 0 saturated heterocycles. The first-order valence-corrected chi connectivity index (χ1v) is 10.3. The van der Waals surface area contributed by atoms with E-state index in [9.17, 15) is 31.5 Å². The Morgan fingerprint density at radius 1 is 1.06 bits per heavy atom. The van der Waals surface area contributed by atoms with Gasteiger partial charge in [-0.05, 0) is 35.9 Å². The van der Waals surface area contributed by atoms with Gasteiger partial charge in [-0.1, -0.05) is 17.7 Å². The highest BCUT2D eigenvalue weighted by molar-refractivity contribution is 6.31. The first-order valence-electron chi connectivity index (χ1n) is 9.94. The maximum absolute atomic E-state index is 13.6. The summed E-state index contributed by atoms with van der Waals surface area (Å²) in [6.45, 7) is 0.280. The average molecular weight is 499 g/mol. The molecule has 12 heteroatoms. The number of amides is 2. The Labute approximate surface area is 194 Å². The highest BCUT2D eigenvalue weighted by Crippen LogP contribution is 2.33. The number of hydrogen-bond donors (Lipinski definition) is 1. The van der Waals surface area contributed by atoms with Gasteiger partial charge in [0.1, 0.15) is 17.3 Å². The third-order valence-electron chi connectivity index (χ3n) is 5.46. The Bertz CT molecular complexity index is 1310. The van der Waals surface area contributed by atoms with Crippen LogP contribution in [0.2, 0.25) is 5.02 Å². The number of hydrogen-bond acceptors (Lipinski definition) is 3. The monoisotopic (exact) mass is 498 g/mol. The van der Waals surface area contributed by atoms with E-state index in [0.29, 0.717) is 23.4 Å². The van der Waals surface area contributed by atoms with Crippen LogP contribution >= 0.6 is 11.6 Å². The van der Waals surface area contributed by atoms with Crippen molar-refractivity contribution in [2.24, 2.45) is 5.73 Å². The minimum Gasteiger partial charge on any atom is -0.365 e. The van der Waals surface area contributed by atoms with Gasteiger partial charge in [0.05, 0.1) is 41.4 Å². The quantitative estimate of drug-likeness (QED) is 0.548. The second-order valence-corrected chi connectivity index (χ2v) is 8.10. The van der Waals surface area contributed by atoms with Crippen molar-refractivity contribution < 1.29 is 31.5 Å². The number of benzene rings is 2. The van der Waals surface area contributed by atoms with Gasteiger partial charge in [0, 0.05) is 12.1 Å². The van der Waals surface area contributed by atoms with Crippen molar-refractivity contribution in [2.75, 3.05) is 6.54 Å². The van der Waals surface area contributed by atoms with Gasteiger partial charge in [-0.3, -0.25) is 14.3 Å². The van der Waals surface area contributed by atoms with Crippen molar-refractivity contribution in [2.45, 2.75) is 25.7 Å². The van der Waals surface area contributed by atoms with Gasteiger partial charge in [-0.15, -0.1) is 0 Å². The smallest absolute Gasteiger partial charge is 0.365 e. The molecule has 1 aliphatic heterocycles. The molecule has 1 aliphatic rings. The molecule has 0 saturated carbocycles. The summed E-state index contributed by atoms with van der Waals surface area (Å²) in [6, 6.07) is 6.19. The molecule has 0 fully saturated rings. The first-order chi connectivity index (χ1) is 16.0. The molecular formula is C22H16ClF5N4O2. The van der Waals surface area contributed by atoms with Crippen LogP contribution in [0.25, 0.3) is 11.3 Å². The van der Waals surface area contributed by atoms with Crippen LogP contribution in [-0.4, -0.2) is 33.0 Å². The zero-order valence-corrected chi connectivity index (χ0v) is 18.1. The first kappa shape index (κ1) is 23.7. The van der Waals surface area contributed by atoms with Gasteiger partial charge in [0.2, 0.25) is 5.91 Å². The molecule has 0 radical (unpaired) electrons. The molecule has 2 aromatic carbocycles. The van der Waals surface area contributed by atoms with E-state index >= 15 is 0 Å². The minimum absolute atomic E-state index is 0.00502. The summed E-state index contributed by atoms with van der Waals surface area (Å²) in [7, 11) is 0. The number of primary amides is 1. The van der Waals surface area contributed by atoms with Crippen molar-refractivity contribution in [3.05, 3.63) is 75.4 Å². The highest BCUT2D eigenvalue weighted by atomic mass is 35.5. The van der Waals surface area contributed by atoms with Gasteiger partial charge in [0.15, 0.2) is 0 Å². The van der Waals surface area contributed by atoms with Crippen LogP contribution < -0.4 is 5.73 Å². The molecule has 2 N–H and O–H groups in total. The standard InChI is InChI=1S/C22H16ClF5N4O2/c23-14-9-12(2-4-16(14)25)20-19(21(29)34)17-10-31(5-6-32(17)30-20)18(33)8-11-1-3-15(24)13(7-11)22(26,27)28/h1-4,7,9H,5-6,8,10H2,(H2,29,34). The van der Waals surface area contributed by atoms with Gasteiger partial charge < -0.3 is 10.6 Å². The molecule has 0 unspecified atom stereocenters. The van der Waals surface area contributed by atoms with E-state index in [1.54, 1.807) is 0 Å². The fourth-order valence-electron chi connectivity index (χ4n) is 3.82. The second-order valence-electron chi connectivity index (χ2n) is 7.69. The third kappa shape index (κ3) is 4.47. The number of carbonyl (C=O) groups excluding carboxylic acids is 2. The van der Waals surface area contributed by atoms with Gasteiger partial charge in [-0.2, -0.15) is 18.3 Å². The number of fused-ring (bicyclic) bond motifs is 1. The minimum atomic E-state index is -4.89. The lowest BCUT2D eigenvalue weighted by molar-refractivity contribution is -0.140. The SMILES string of the molecule is NC(=O)c1c(-c2ccc(F)c(Cl)c2)nn2c1CN(C(=O)Cc1ccc(F)c(C(F)(F)F)c1)CC2. The molecule has 0 atom stereocenters. The van der Waals surface area contributed by atoms with E-state index in [2.05, 4.69) is 5.10 Å². The topological polar surface area (TPSA) is 81.2 Å². The zero-order valence-electron chi connectivity index (χ0n) is 17.3. The molecule has 0 spiro atoms. The largest absolute Gasteiger partial charge is 0.419 e. The summed E-state index contributed by atoms with van der Waals surface area (Å²) < 4.78 is 67.5. The lowest BCUT2D eigenvalue weighted by atomic mass is 10.0. The summed E-state index contributed by atoms with van der Waals surface area (Å²) in [4.78, 5) is 26.4. The normalized spacial score (nSPS) is 13.6. The number of carbonyl (C=O) groups is 2. The molecule has 34 heavy (non-hydrogen) atoms. The number of rotatable bonds is 4. The van der Waals surface area contributed by atoms with Crippen LogP contribution in [0.5, 0.6) is 0 Å². The van der Waals surface area contributed by atoms with E-state index in [4.69, 9.17) is 17.3 Å². The fraction of sp³-hybridized carbons (Fsp3) is 0.227. The number of halogens is 6. The van der Waals surface area contributed by atoms with E-state index < -0.39 is 41.6 Å². The van der Waals surface area contributed by atoms with Crippen LogP contribution in [0.4, 0.5) is 22.0 Å². The molecule has 6 nitrogen and oxygen atoms in total. The Morgan fingerprint density at radius 3 is 2.41 bits per heavy atom. The molecule has 4 rings (SSSR count). The molecule has 0 aliphatic carbocycles. The lowest BCUT2D eigenvalue weighted by Crippen LogP contribution is -2.40. The highest BCUT2D eigenvalue weighted by Gasteiger charge is 2.35. The van der Waals surface area contributed by atoms with Crippen LogP contribution in [0.1, 0.15) is 27.2 Å². The molecular weight excluding hydrogens is 483 g/mol. The lowest BCUT2D eigenvalue weighted by Gasteiger charge is -2.28. The molecule has 178 valence electrons. The number of nitrogens with two attached hydrogens (primary N) is 1. The molecule has 3 aromatic rings. The van der Waals surface area contributed by atoms with Gasteiger partial charge in [-0.25, -0.2) is 8.78 Å². The van der Waals surface area contributed by atoms with Gasteiger partial charge >= 0.3 is 6.18 Å². The summed E-state index contributed by atoms with van der Waals surface area (Å²) in [5, 5.41) is 4.20. The summed E-state index contributed by atoms with van der Waals surface area (Å²) in [5.74, 6) is -3.42. The van der Waals surface area contributed by atoms with Crippen LogP contribution in [-0.2, 0) is 30.5 Å². The zero-order chi connectivity index (χ0) is 24.8. The summed E-state index contributed by atoms with van der Waals surface area (Å²) in [5.41, 5.74) is 4.99. The van der Waals surface area contributed by atoms with Crippen molar-refractivity contribution >= 4 is 23.4 Å². The van der Waals surface area contributed by atoms with Crippen molar-refractivity contribution in [3.8, 4) is 11.3 Å². The molecule has 0 bridgehead atoms. The van der Waals surface area contributed by atoms with Crippen LogP contribution in [0, 0.1) is 11.6 Å². The Kier molecular flexibility index (Phi) is 6.07. The second kappa shape index (κ2) is 8.71. The summed E-state index contributed by atoms with van der Waals surface area (Å²) in [6.07, 6.45) is -5.29. The number of nitrogens with zero attached hydrogens (tertiary/aromatic N) is 3. The van der Waals surface area contributed by atoms with E-state index in [-0.39, 0.29) is 41.5 Å². The summed E-state index contributed by atoms with van der Waals surface area (Å²) >= 11 is 5.84. The Hall–Kier alpha value is -3.47. The third-order valence-corrected chi connectivity index (χ3v) is 5.75. The van der Waals surface area contributed by atoms with Crippen LogP contribution in [0.15, 0.2) is 36.4 Å². The van der Waals surface area contributed by atoms with Gasteiger partial charge in [0.25, 0.3) is 5.91 Å². The Morgan fingerprint density at radius 2 is 1.76 bits per heavy atom. The van der Waals surface area contributed by atoms with E-state index in [1.807, 2.05) is 0 Å². The predicted molar refractivity (Wildman–Crippen MR) is 112 cm³/mol.